The van der Waals surface area contributed by atoms with Gasteiger partial charge in [0.15, 0.2) is 0 Å². The van der Waals surface area contributed by atoms with Crippen LogP contribution in [0.3, 0.4) is 0 Å². The van der Waals surface area contributed by atoms with E-state index in [1.165, 1.54) is 30.4 Å². The summed E-state index contributed by atoms with van der Waals surface area (Å²) in [5.41, 5.74) is 2.97. The van der Waals surface area contributed by atoms with Gasteiger partial charge in [0.05, 0.1) is 13.2 Å². The fourth-order valence-electron chi connectivity index (χ4n) is 2.58. The predicted octanol–water partition coefficient (Wildman–Crippen LogP) is 2.05. The number of hydrogen-bond acceptors (Lipinski definition) is 3. The molecule has 1 aromatic carbocycles. The average molecular weight is 249 g/mol. The molecule has 18 heavy (non-hydrogen) atoms. The first kappa shape index (κ1) is 13.5. The molecule has 0 radical (unpaired) electrons. The third-order valence-electron chi connectivity index (χ3n) is 3.46. The Balaban J connectivity index is 1.74. The standard InChI is InChI=1S/C15H23NO2/c17-10-12-18-11-4-9-16-15-8-3-6-13-5-1-2-7-14(13)15/h1-2,5,7,15-17H,3-4,6,8-12H2. The fraction of sp³-hybridized carbons (Fsp3) is 0.600. The van der Waals surface area contributed by atoms with Crippen LogP contribution in [0.25, 0.3) is 0 Å². The van der Waals surface area contributed by atoms with Gasteiger partial charge in [0.25, 0.3) is 0 Å². The third-order valence-corrected chi connectivity index (χ3v) is 3.46. The second kappa shape index (κ2) is 7.52. The highest BCUT2D eigenvalue weighted by Crippen LogP contribution is 2.29. The molecular formula is C15H23NO2. The Morgan fingerprint density at radius 3 is 3.06 bits per heavy atom. The van der Waals surface area contributed by atoms with Crippen LogP contribution in [0.15, 0.2) is 24.3 Å². The van der Waals surface area contributed by atoms with E-state index < -0.39 is 0 Å². The van der Waals surface area contributed by atoms with Crippen molar-refractivity contribution in [1.29, 1.82) is 0 Å². The summed E-state index contributed by atoms with van der Waals surface area (Å²) in [6.07, 6.45) is 4.72. The molecule has 1 aliphatic carbocycles. The van der Waals surface area contributed by atoms with Gasteiger partial charge in [-0.15, -0.1) is 0 Å². The van der Waals surface area contributed by atoms with Gasteiger partial charge >= 0.3 is 0 Å². The molecule has 0 saturated carbocycles. The topological polar surface area (TPSA) is 41.5 Å². The van der Waals surface area contributed by atoms with E-state index in [0.29, 0.717) is 12.6 Å². The minimum Gasteiger partial charge on any atom is -0.394 e. The lowest BCUT2D eigenvalue weighted by atomic mass is 9.88. The van der Waals surface area contributed by atoms with Crippen molar-refractivity contribution in [2.75, 3.05) is 26.4 Å². The van der Waals surface area contributed by atoms with Crippen LogP contribution >= 0.6 is 0 Å². The highest BCUT2D eigenvalue weighted by atomic mass is 16.5. The van der Waals surface area contributed by atoms with Crippen LogP contribution in [0.5, 0.6) is 0 Å². The molecule has 0 heterocycles. The van der Waals surface area contributed by atoms with Crippen molar-refractivity contribution in [3.05, 3.63) is 35.4 Å². The predicted molar refractivity (Wildman–Crippen MR) is 72.6 cm³/mol. The summed E-state index contributed by atoms with van der Waals surface area (Å²) in [5.74, 6) is 0. The van der Waals surface area contributed by atoms with Crippen molar-refractivity contribution in [2.24, 2.45) is 0 Å². The summed E-state index contributed by atoms with van der Waals surface area (Å²) < 4.78 is 5.25. The molecule has 0 bridgehead atoms. The van der Waals surface area contributed by atoms with Gasteiger partial charge in [-0.2, -0.15) is 0 Å². The Bertz CT molecular complexity index is 354. The summed E-state index contributed by atoms with van der Waals surface area (Å²) in [5, 5.41) is 12.2. The normalized spacial score (nSPS) is 18.6. The van der Waals surface area contributed by atoms with E-state index in [1.807, 2.05) is 0 Å². The molecule has 3 heteroatoms. The lowest BCUT2D eigenvalue weighted by Gasteiger charge is -2.26. The van der Waals surface area contributed by atoms with Gasteiger partial charge in [0.1, 0.15) is 0 Å². The molecule has 1 aliphatic rings. The van der Waals surface area contributed by atoms with Crippen LogP contribution in [0, 0.1) is 0 Å². The second-order valence-electron chi connectivity index (χ2n) is 4.79. The minimum absolute atomic E-state index is 0.115. The maximum atomic E-state index is 8.60. The molecule has 2 N–H and O–H groups in total. The molecule has 1 unspecified atom stereocenters. The molecule has 1 atom stereocenters. The van der Waals surface area contributed by atoms with E-state index in [-0.39, 0.29) is 6.61 Å². The second-order valence-corrected chi connectivity index (χ2v) is 4.79. The largest absolute Gasteiger partial charge is 0.394 e. The fourth-order valence-corrected chi connectivity index (χ4v) is 2.58. The van der Waals surface area contributed by atoms with Gasteiger partial charge in [-0.05, 0) is 43.4 Å². The zero-order valence-corrected chi connectivity index (χ0v) is 10.9. The number of nitrogens with one attached hydrogen (secondary N) is 1. The molecule has 2 rings (SSSR count). The summed E-state index contributed by atoms with van der Waals surface area (Å²) >= 11 is 0. The van der Waals surface area contributed by atoms with Crippen molar-refractivity contribution >= 4 is 0 Å². The lowest BCUT2D eigenvalue weighted by molar-refractivity contribution is 0.0903. The summed E-state index contributed by atoms with van der Waals surface area (Å²) in [6.45, 7) is 2.27. The first-order valence-electron chi connectivity index (χ1n) is 6.91. The lowest BCUT2D eigenvalue weighted by Crippen LogP contribution is -2.26. The van der Waals surface area contributed by atoms with Gasteiger partial charge in [-0.1, -0.05) is 24.3 Å². The first-order chi connectivity index (χ1) is 8.92. The van der Waals surface area contributed by atoms with E-state index in [1.54, 1.807) is 0 Å². The van der Waals surface area contributed by atoms with Crippen molar-refractivity contribution in [1.82, 2.24) is 5.32 Å². The van der Waals surface area contributed by atoms with Crippen molar-refractivity contribution in [3.8, 4) is 0 Å². The Hall–Kier alpha value is -0.900. The Kier molecular flexibility index (Phi) is 5.65. The molecule has 0 spiro atoms. The van der Waals surface area contributed by atoms with Crippen molar-refractivity contribution in [3.63, 3.8) is 0 Å². The van der Waals surface area contributed by atoms with E-state index in [4.69, 9.17) is 9.84 Å². The smallest absolute Gasteiger partial charge is 0.0697 e. The zero-order chi connectivity index (χ0) is 12.6. The summed E-state index contributed by atoms with van der Waals surface area (Å²) in [6, 6.07) is 9.25. The van der Waals surface area contributed by atoms with Gasteiger partial charge in [0.2, 0.25) is 0 Å². The third kappa shape index (κ3) is 3.80. The van der Waals surface area contributed by atoms with E-state index >= 15 is 0 Å². The van der Waals surface area contributed by atoms with E-state index in [2.05, 4.69) is 29.6 Å². The SMILES string of the molecule is OCCOCCCNC1CCCc2ccccc21. The molecule has 3 nitrogen and oxygen atoms in total. The van der Waals surface area contributed by atoms with Crippen LogP contribution in [-0.2, 0) is 11.2 Å². The highest BCUT2D eigenvalue weighted by molar-refractivity contribution is 5.32. The van der Waals surface area contributed by atoms with Crippen LogP contribution in [0.1, 0.15) is 36.4 Å². The van der Waals surface area contributed by atoms with Gasteiger partial charge < -0.3 is 15.2 Å². The van der Waals surface area contributed by atoms with Crippen LogP contribution < -0.4 is 5.32 Å². The highest BCUT2D eigenvalue weighted by Gasteiger charge is 2.18. The van der Waals surface area contributed by atoms with E-state index in [9.17, 15) is 0 Å². The zero-order valence-electron chi connectivity index (χ0n) is 10.9. The molecule has 1 aromatic rings. The van der Waals surface area contributed by atoms with Gasteiger partial charge in [-0.3, -0.25) is 0 Å². The molecule has 100 valence electrons. The number of fused-ring (bicyclic) bond motifs is 1. The van der Waals surface area contributed by atoms with Gasteiger partial charge in [0, 0.05) is 12.6 Å². The van der Waals surface area contributed by atoms with Crippen molar-refractivity contribution in [2.45, 2.75) is 31.7 Å². The monoisotopic (exact) mass is 249 g/mol. The molecule has 0 saturated heterocycles. The molecule has 0 amide bonds. The quantitative estimate of drug-likeness (QED) is 0.727. The number of aliphatic hydroxyl groups is 1. The van der Waals surface area contributed by atoms with E-state index in [0.717, 1.165) is 19.6 Å². The molecular weight excluding hydrogens is 226 g/mol. The Morgan fingerprint density at radius 1 is 1.28 bits per heavy atom. The van der Waals surface area contributed by atoms with Crippen LogP contribution in [0.4, 0.5) is 0 Å². The maximum Gasteiger partial charge on any atom is 0.0697 e. The molecule has 0 aromatic heterocycles. The number of rotatable bonds is 7. The Morgan fingerprint density at radius 2 is 2.17 bits per heavy atom. The van der Waals surface area contributed by atoms with Crippen LogP contribution in [-0.4, -0.2) is 31.5 Å². The molecule has 0 fully saturated rings. The summed E-state index contributed by atoms with van der Waals surface area (Å²) in [4.78, 5) is 0. The van der Waals surface area contributed by atoms with Crippen molar-refractivity contribution < 1.29 is 9.84 Å². The number of ether oxygens (including phenoxy) is 1. The Labute approximate surface area is 109 Å². The minimum atomic E-state index is 0.115. The average Bonchev–Trinajstić information content (AvgIpc) is 2.43. The van der Waals surface area contributed by atoms with Gasteiger partial charge in [-0.25, -0.2) is 0 Å². The maximum absolute atomic E-state index is 8.60. The first-order valence-corrected chi connectivity index (χ1v) is 6.91. The number of aryl methyl sites for hydroxylation is 1. The number of hydrogen-bond donors (Lipinski definition) is 2. The number of benzene rings is 1. The number of aliphatic hydroxyl groups excluding tert-OH is 1. The molecule has 0 aliphatic heterocycles. The summed E-state index contributed by atoms with van der Waals surface area (Å²) in [7, 11) is 0. The van der Waals surface area contributed by atoms with Crippen LogP contribution in [0.2, 0.25) is 0 Å².